The molecular weight excluding hydrogens is 166 g/mol. The maximum absolute atomic E-state index is 9.69. The van der Waals surface area contributed by atoms with E-state index >= 15 is 0 Å². The van der Waals surface area contributed by atoms with Gasteiger partial charge in [0.15, 0.2) is 0 Å². The van der Waals surface area contributed by atoms with Gasteiger partial charge < -0.3 is 10.2 Å². The van der Waals surface area contributed by atoms with E-state index in [9.17, 15) is 5.11 Å². The van der Waals surface area contributed by atoms with E-state index in [0.717, 1.165) is 38.8 Å². The van der Waals surface area contributed by atoms with Gasteiger partial charge in [-0.1, -0.05) is 6.92 Å². The van der Waals surface area contributed by atoms with Gasteiger partial charge in [0.2, 0.25) is 0 Å². The molecule has 0 bridgehead atoms. The second-order valence-electron chi connectivity index (χ2n) is 3.77. The molecule has 0 saturated heterocycles. The number of likely N-dealkylation sites (N-methyl/N-ethyl adjacent to an activating group) is 1. The van der Waals surface area contributed by atoms with Gasteiger partial charge in [0.05, 0.1) is 6.10 Å². The molecule has 3 nitrogen and oxygen atoms in total. The molecule has 0 radical (unpaired) electrons. The average Bonchev–Trinajstić information content (AvgIpc) is 2.54. The maximum atomic E-state index is 9.69. The number of rotatable bonds is 5. The molecule has 1 aliphatic carbocycles. The fraction of sp³-hybridized carbons (Fsp3) is 1.00. The van der Waals surface area contributed by atoms with Crippen LogP contribution in [0.3, 0.4) is 0 Å². The molecule has 0 aromatic rings. The lowest BCUT2D eigenvalue weighted by Crippen LogP contribution is -2.41. The summed E-state index contributed by atoms with van der Waals surface area (Å²) in [5, 5.41) is 18.4. The zero-order valence-electron chi connectivity index (χ0n) is 8.45. The Kier molecular flexibility index (Phi) is 4.70. The summed E-state index contributed by atoms with van der Waals surface area (Å²) in [6, 6.07) is 0.344. The zero-order chi connectivity index (χ0) is 9.68. The summed E-state index contributed by atoms with van der Waals surface area (Å²) in [4.78, 5) is 2.29. The lowest BCUT2D eigenvalue weighted by atomic mass is 10.1. The Labute approximate surface area is 80.4 Å². The number of aliphatic hydroxyl groups excluding tert-OH is 2. The van der Waals surface area contributed by atoms with Crippen LogP contribution in [0.1, 0.15) is 32.6 Å². The molecule has 0 aromatic carbocycles. The topological polar surface area (TPSA) is 43.7 Å². The summed E-state index contributed by atoms with van der Waals surface area (Å²) < 4.78 is 0. The first kappa shape index (κ1) is 11.0. The predicted octanol–water partition coefficient (Wildman–Crippen LogP) is 0.604. The smallest absolute Gasteiger partial charge is 0.0695 e. The summed E-state index contributed by atoms with van der Waals surface area (Å²) >= 11 is 0. The Morgan fingerprint density at radius 1 is 1.38 bits per heavy atom. The Morgan fingerprint density at radius 3 is 2.62 bits per heavy atom. The third kappa shape index (κ3) is 2.93. The van der Waals surface area contributed by atoms with E-state index in [1.54, 1.807) is 0 Å². The first-order valence-corrected chi connectivity index (χ1v) is 5.32. The normalized spacial score (nSPS) is 28.6. The largest absolute Gasteiger partial charge is 0.396 e. The summed E-state index contributed by atoms with van der Waals surface area (Å²) in [7, 11) is 0. The highest BCUT2D eigenvalue weighted by Gasteiger charge is 2.29. The predicted molar refractivity (Wildman–Crippen MR) is 52.6 cm³/mol. The molecule has 0 aromatic heterocycles. The molecule has 0 spiro atoms. The van der Waals surface area contributed by atoms with Crippen molar-refractivity contribution >= 4 is 0 Å². The van der Waals surface area contributed by atoms with E-state index in [0.29, 0.717) is 6.04 Å². The standard InChI is InChI=1S/C10H21NO2/c1-2-11(7-4-8-12)9-5-3-6-10(9)13/h9-10,12-13H,2-8H2,1H3/t9-,10-/m0/s1. The highest BCUT2D eigenvalue weighted by molar-refractivity contribution is 4.84. The van der Waals surface area contributed by atoms with Gasteiger partial charge in [-0.05, 0) is 32.2 Å². The van der Waals surface area contributed by atoms with Crippen LogP contribution in [0, 0.1) is 0 Å². The highest BCUT2D eigenvalue weighted by atomic mass is 16.3. The van der Waals surface area contributed by atoms with Gasteiger partial charge >= 0.3 is 0 Å². The first-order valence-electron chi connectivity index (χ1n) is 5.32. The van der Waals surface area contributed by atoms with E-state index in [1.807, 2.05) is 0 Å². The molecule has 0 amide bonds. The molecule has 0 unspecified atom stereocenters. The van der Waals surface area contributed by atoms with E-state index in [2.05, 4.69) is 11.8 Å². The van der Waals surface area contributed by atoms with Crippen molar-refractivity contribution in [2.24, 2.45) is 0 Å². The van der Waals surface area contributed by atoms with Crippen LogP contribution in [-0.2, 0) is 0 Å². The molecular formula is C10H21NO2. The lowest BCUT2D eigenvalue weighted by molar-refractivity contribution is 0.0697. The fourth-order valence-corrected chi connectivity index (χ4v) is 2.18. The third-order valence-electron chi connectivity index (χ3n) is 2.92. The summed E-state index contributed by atoms with van der Waals surface area (Å²) in [6.07, 6.45) is 3.87. The molecule has 2 N–H and O–H groups in total. The fourth-order valence-electron chi connectivity index (χ4n) is 2.18. The average molecular weight is 187 g/mol. The van der Waals surface area contributed by atoms with Crippen LogP contribution >= 0.6 is 0 Å². The lowest BCUT2D eigenvalue weighted by Gasteiger charge is -2.29. The summed E-state index contributed by atoms with van der Waals surface area (Å²) in [5.74, 6) is 0. The quantitative estimate of drug-likeness (QED) is 0.662. The van der Waals surface area contributed by atoms with E-state index in [-0.39, 0.29) is 12.7 Å². The number of hydrogen-bond acceptors (Lipinski definition) is 3. The van der Waals surface area contributed by atoms with Gasteiger partial charge in [0, 0.05) is 19.2 Å². The molecule has 2 atom stereocenters. The molecule has 3 heteroatoms. The molecule has 1 saturated carbocycles. The maximum Gasteiger partial charge on any atom is 0.0695 e. The van der Waals surface area contributed by atoms with Crippen LogP contribution in [0.25, 0.3) is 0 Å². The third-order valence-corrected chi connectivity index (χ3v) is 2.92. The van der Waals surface area contributed by atoms with Gasteiger partial charge in [-0.25, -0.2) is 0 Å². The Morgan fingerprint density at radius 2 is 2.15 bits per heavy atom. The SMILES string of the molecule is CCN(CCCO)[C@H]1CCC[C@@H]1O. The monoisotopic (exact) mass is 187 g/mol. The van der Waals surface area contributed by atoms with Gasteiger partial charge in [-0.2, -0.15) is 0 Å². The van der Waals surface area contributed by atoms with Gasteiger partial charge in [-0.15, -0.1) is 0 Å². The van der Waals surface area contributed by atoms with Crippen molar-refractivity contribution in [2.75, 3.05) is 19.7 Å². The Hall–Kier alpha value is -0.120. The molecule has 78 valence electrons. The minimum atomic E-state index is -0.140. The van der Waals surface area contributed by atoms with Crippen LogP contribution in [0.15, 0.2) is 0 Å². The van der Waals surface area contributed by atoms with Crippen molar-refractivity contribution in [3.05, 3.63) is 0 Å². The van der Waals surface area contributed by atoms with Crippen LogP contribution < -0.4 is 0 Å². The van der Waals surface area contributed by atoms with Crippen molar-refractivity contribution in [3.63, 3.8) is 0 Å². The molecule has 1 aliphatic rings. The number of nitrogens with zero attached hydrogens (tertiary/aromatic N) is 1. The van der Waals surface area contributed by atoms with Crippen molar-refractivity contribution in [2.45, 2.75) is 44.8 Å². The van der Waals surface area contributed by atoms with Crippen molar-refractivity contribution in [1.29, 1.82) is 0 Å². The Balaban J connectivity index is 2.35. The number of hydrogen-bond donors (Lipinski definition) is 2. The van der Waals surface area contributed by atoms with Crippen molar-refractivity contribution in [3.8, 4) is 0 Å². The van der Waals surface area contributed by atoms with Gasteiger partial charge in [-0.3, -0.25) is 4.90 Å². The molecule has 0 heterocycles. The highest BCUT2D eigenvalue weighted by Crippen LogP contribution is 2.23. The first-order chi connectivity index (χ1) is 6.29. The van der Waals surface area contributed by atoms with Crippen molar-refractivity contribution in [1.82, 2.24) is 4.90 Å². The van der Waals surface area contributed by atoms with E-state index in [4.69, 9.17) is 5.11 Å². The minimum Gasteiger partial charge on any atom is -0.396 e. The second-order valence-corrected chi connectivity index (χ2v) is 3.77. The van der Waals surface area contributed by atoms with Crippen LogP contribution in [0.2, 0.25) is 0 Å². The van der Waals surface area contributed by atoms with Crippen molar-refractivity contribution < 1.29 is 10.2 Å². The van der Waals surface area contributed by atoms with Crippen LogP contribution in [0.4, 0.5) is 0 Å². The van der Waals surface area contributed by atoms with Gasteiger partial charge in [0.1, 0.15) is 0 Å². The number of aliphatic hydroxyl groups is 2. The molecule has 0 aliphatic heterocycles. The molecule has 1 fully saturated rings. The molecule has 13 heavy (non-hydrogen) atoms. The zero-order valence-corrected chi connectivity index (χ0v) is 8.45. The molecule has 1 rings (SSSR count). The Bertz CT molecular complexity index is 141. The summed E-state index contributed by atoms with van der Waals surface area (Å²) in [5.41, 5.74) is 0. The van der Waals surface area contributed by atoms with Crippen LogP contribution in [0.5, 0.6) is 0 Å². The summed E-state index contributed by atoms with van der Waals surface area (Å²) in [6.45, 7) is 4.25. The van der Waals surface area contributed by atoms with E-state index in [1.165, 1.54) is 0 Å². The van der Waals surface area contributed by atoms with Crippen LogP contribution in [-0.4, -0.2) is 47.0 Å². The second kappa shape index (κ2) is 5.58. The minimum absolute atomic E-state index is 0.140. The van der Waals surface area contributed by atoms with Gasteiger partial charge in [0.25, 0.3) is 0 Å². The van der Waals surface area contributed by atoms with E-state index < -0.39 is 0 Å².